The minimum Gasteiger partial charge on any atom is -0.290 e. The van der Waals surface area contributed by atoms with E-state index in [4.69, 9.17) is 11.6 Å². The van der Waals surface area contributed by atoms with Crippen LogP contribution < -0.4 is 20.1 Å². The van der Waals surface area contributed by atoms with Gasteiger partial charge in [0.05, 0.1) is 15.6 Å². The Balaban J connectivity index is 1.63. The van der Waals surface area contributed by atoms with Crippen LogP contribution in [0.3, 0.4) is 0 Å². The molecule has 8 nitrogen and oxygen atoms in total. The third-order valence-electron chi connectivity index (χ3n) is 4.43. The van der Waals surface area contributed by atoms with Crippen LogP contribution in [-0.4, -0.2) is 27.0 Å². The van der Waals surface area contributed by atoms with Crippen LogP contribution in [-0.2, 0) is 10.0 Å². The number of sulfonamides is 1. The van der Waals surface area contributed by atoms with Crippen molar-refractivity contribution < 1.29 is 22.4 Å². The van der Waals surface area contributed by atoms with Crippen molar-refractivity contribution in [2.45, 2.75) is 4.21 Å². The summed E-state index contributed by atoms with van der Waals surface area (Å²) in [5.74, 6) is -1.06. The van der Waals surface area contributed by atoms with Crippen LogP contribution in [0.1, 0.15) is 10.4 Å². The average Bonchev–Trinajstić information content (AvgIpc) is 3.20. The fourth-order valence-corrected chi connectivity index (χ4v) is 5.30. The second kappa shape index (κ2) is 8.27. The Labute approximate surface area is 185 Å². The van der Waals surface area contributed by atoms with Crippen LogP contribution in [0.5, 0.6) is 0 Å². The zero-order valence-electron chi connectivity index (χ0n) is 15.6. The molecule has 1 aliphatic rings. The van der Waals surface area contributed by atoms with E-state index in [9.17, 15) is 22.4 Å². The summed E-state index contributed by atoms with van der Waals surface area (Å²) in [5.41, 5.74) is 2.74. The van der Waals surface area contributed by atoms with Gasteiger partial charge >= 0.3 is 6.03 Å². The van der Waals surface area contributed by atoms with Gasteiger partial charge < -0.3 is 0 Å². The third kappa shape index (κ3) is 4.26. The summed E-state index contributed by atoms with van der Waals surface area (Å²) in [6.07, 6.45) is 0. The van der Waals surface area contributed by atoms with Crippen molar-refractivity contribution >= 4 is 56.3 Å². The highest BCUT2D eigenvalue weighted by molar-refractivity contribution is 7.91. The van der Waals surface area contributed by atoms with E-state index in [1.807, 2.05) is 4.83 Å². The van der Waals surface area contributed by atoms with Gasteiger partial charge in [-0.1, -0.05) is 29.8 Å². The third-order valence-corrected chi connectivity index (χ3v) is 7.40. The van der Waals surface area contributed by atoms with Crippen molar-refractivity contribution in [2.75, 3.05) is 16.5 Å². The van der Waals surface area contributed by atoms with Crippen molar-refractivity contribution in [3.63, 3.8) is 0 Å². The molecule has 160 valence electrons. The van der Waals surface area contributed by atoms with Crippen molar-refractivity contribution in [3.05, 3.63) is 76.4 Å². The lowest BCUT2D eigenvalue weighted by atomic mass is 10.1. The highest BCUT2D eigenvalue weighted by Gasteiger charge is 2.34. The van der Waals surface area contributed by atoms with Gasteiger partial charge in [0.1, 0.15) is 16.7 Å². The number of nitrogens with zero attached hydrogens (tertiary/aromatic N) is 2. The van der Waals surface area contributed by atoms with Crippen LogP contribution in [0.4, 0.5) is 20.6 Å². The van der Waals surface area contributed by atoms with E-state index in [1.165, 1.54) is 23.1 Å². The Kier molecular flexibility index (Phi) is 5.67. The molecule has 0 unspecified atom stereocenters. The second-order valence-electron chi connectivity index (χ2n) is 6.39. The summed E-state index contributed by atoms with van der Waals surface area (Å²) in [6.45, 7) is -0.252. The monoisotopic (exact) mass is 480 g/mol. The van der Waals surface area contributed by atoms with Gasteiger partial charge in [-0.05, 0) is 42.5 Å². The maximum atomic E-state index is 13.9. The molecule has 1 aliphatic heterocycles. The molecule has 0 spiro atoms. The van der Waals surface area contributed by atoms with Gasteiger partial charge in [0.2, 0.25) is 0 Å². The number of para-hydroxylation sites is 1. The Bertz CT molecular complexity index is 1270. The fourth-order valence-electron chi connectivity index (χ4n) is 2.99. The lowest BCUT2D eigenvalue weighted by Crippen LogP contribution is -2.55. The molecule has 2 heterocycles. The van der Waals surface area contributed by atoms with Gasteiger partial charge in [-0.3, -0.25) is 20.0 Å². The first-order valence-electron chi connectivity index (χ1n) is 8.77. The van der Waals surface area contributed by atoms with E-state index in [0.29, 0.717) is 5.69 Å². The van der Waals surface area contributed by atoms with Crippen molar-refractivity contribution in [1.29, 1.82) is 0 Å². The second-order valence-corrected chi connectivity index (χ2v) is 10.0. The predicted molar refractivity (Wildman–Crippen MR) is 115 cm³/mol. The number of hydrazine groups is 1. The van der Waals surface area contributed by atoms with E-state index < -0.39 is 27.8 Å². The van der Waals surface area contributed by atoms with Crippen LogP contribution in [0.25, 0.3) is 0 Å². The first kappa shape index (κ1) is 21.2. The van der Waals surface area contributed by atoms with Gasteiger partial charge in [-0.25, -0.2) is 17.6 Å². The van der Waals surface area contributed by atoms with Crippen molar-refractivity contribution in [1.82, 2.24) is 10.3 Å². The quantitative estimate of drug-likeness (QED) is 0.558. The summed E-state index contributed by atoms with van der Waals surface area (Å²) in [5, 5.41) is 0. The van der Waals surface area contributed by atoms with Crippen LogP contribution >= 0.6 is 22.9 Å². The molecule has 0 aliphatic carbocycles. The number of amides is 3. The summed E-state index contributed by atoms with van der Waals surface area (Å²) in [7, 11) is -4.06. The lowest BCUT2D eigenvalue weighted by Gasteiger charge is -2.36. The fraction of sp³-hybridized carbons (Fsp3) is 0.0526. The van der Waals surface area contributed by atoms with Crippen molar-refractivity contribution in [2.24, 2.45) is 0 Å². The van der Waals surface area contributed by atoms with Crippen molar-refractivity contribution in [3.8, 4) is 0 Å². The van der Waals surface area contributed by atoms with E-state index >= 15 is 0 Å². The number of benzene rings is 2. The predicted octanol–water partition coefficient (Wildman–Crippen LogP) is 3.57. The molecule has 0 saturated carbocycles. The summed E-state index contributed by atoms with van der Waals surface area (Å²) < 4.78 is 38.8. The first-order valence-corrected chi connectivity index (χ1v) is 11.4. The number of thiophene rings is 1. The Morgan fingerprint density at radius 2 is 1.84 bits per heavy atom. The number of hydrogen-bond donors (Lipinski definition) is 2. The van der Waals surface area contributed by atoms with Gasteiger partial charge in [0.25, 0.3) is 15.9 Å². The topological polar surface area (TPSA) is 98.8 Å². The Morgan fingerprint density at radius 3 is 2.52 bits per heavy atom. The molecular formula is C19H14ClFN4O4S2. The number of rotatable bonds is 4. The maximum absolute atomic E-state index is 13.9. The average molecular weight is 481 g/mol. The van der Waals surface area contributed by atoms with Crippen LogP contribution in [0.2, 0.25) is 4.34 Å². The van der Waals surface area contributed by atoms with E-state index in [-0.39, 0.29) is 26.5 Å². The number of carbonyl (C=O) groups is 2. The number of fused-ring (bicyclic) bond motifs is 1. The summed E-state index contributed by atoms with van der Waals surface area (Å²) in [6, 6.07) is 13.9. The molecule has 1 aromatic heterocycles. The normalized spacial score (nSPS) is 13.8. The van der Waals surface area contributed by atoms with E-state index in [0.717, 1.165) is 28.4 Å². The molecule has 3 amide bonds. The smallest absolute Gasteiger partial charge is 0.290 e. The minimum atomic E-state index is -4.06. The molecule has 0 fully saturated rings. The molecule has 0 radical (unpaired) electrons. The molecule has 2 aromatic carbocycles. The highest BCUT2D eigenvalue weighted by atomic mass is 35.5. The number of urea groups is 1. The molecule has 0 saturated heterocycles. The lowest BCUT2D eigenvalue weighted by molar-refractivity contribution is 0.0983. The Hall–Kier alpha value is -2.99. The van der Waals surface area contributed by atoms with Gasteiger partial charge in [0.15, 0.2) is 0 Å². The van der Waals surface area contributed by atoms with Gasteiger partial charge in [-0.15, -0.1) is 16.2 Å². The van der Waals surface area contributed by atoms with E-state index in [1.54, 1.807) is 30.3 Å². The zero-order chi connectivity index (χ0) is 22.2. The standard InChI is InChI=1S/C19H14ClFN4O4S2/c20-16-8-9-17(30-16)31(28,29)23-22-19(27)25-11-24(13-4-2-1-3-5-13)18(26)14-7-6-12(21)10-15(14)25/h1-10,23H,11H2,(H,22,27). The van der Waals surface area contributed by atoms with Crippen LogP contribution in [0.15, 0.2) is 64.9 Å². The molecule has 2 N–H and O–H groups in total. The first-order chi connectivity index (χ1) is 14.8. The number of halogens is 2. The Morgan fingerprint density at radius 1 is 1.10 bits per heavy atom. The van der Waals surface area contributed by atoms with Gasteiger partial charge in [-0.2, -0.15) is 0 Å². The summed E-state index contributed by atoms with van der Waals surface area (Å²) >= 11 is 6.59. The molecule has 12 heteroatoms. The number of nitrogens with one attached hydrogen (secondary N) is 2. The van der Waals surface area contributed by atoms with Crippen LogP contribution in [0, 0.1) is 5.82 Å². The molecule has 3 aromatic rings. The zero-order valence-corrected chi connectivity index (χ0v) is 18.0. The number of carbonyl (C=O) groups excluding carboxylic acids is 2. The number of anilines is 2. The highest BCUT2D eigenvalue weighted by Crippen LogP contribution is 2.31. The molecule has 4 rings (SSSR count). The SMILES string of the molecule is O=C1c2ccc(F)cc2N(C(=O)NNS(=O)(=O)c2ccc(Cl)s2)CN1c1ccccc1. The molecule has 0 atom stereocenters. The minimum absolute atomic E-state index is 0.0213. The molecular weight excluding hydrogens is 467 g/mol. The maximum Gasteiger partial charge on any atom is 0.338 e. The van der Waals surface area contributed by atoms with Gasteiger partial charge in [0, 0.05) is 5.69 Å². The largest absolute Gasteiger partial charge is 0.338 e. The number of hydrogen-bond acceptors (Lipinski definition) is 5. The molecule has 0 bridgehead atoms. The summed E-state index contributed by atoms with van der Waals surface area (Å²) in [4.78, 5) is 30.1. The van der Waals surface area contributed by atoms with E-state index in [2.05, 4.69) is 5.43 Å². The molecule has 31 heavy (non-hydrogen) atoms.